The Morgan fingerprint density at radius 3 is 2.60 bits per heavy atom. The average Bonchev–Trinajstić information content (AvgIpc) is 2.84. The molecule has 0 fully saturated rings. The molecule has 1 atom stereocenters. The third-order valence-corrected chi connectivity index (χ3v) is 4.09. The van der Waals surface area contributed by atoms with Crippen LogP contribution in [0.1, 0.15) is 16.6 Å². The number of fused-ring (bicyclic) bond motifs is 1. The molecule has 1 heterocycles. The van der Waals surface area contributed by atoms with E-state index < -0.39 is 12.1 Å². The van der Waals surface area contributed by atoms with Crippen LogP contribution >= 0.6 is 11.3 Å². The van der Waals surface area contributed by atoms with Gasteiger partial charge in [0, 0.05) is 17.2 Å². The maximum Gasteiger partial charge on any atom is 0.350 e. The molecule has 0 aliphatic rings. The summed E-state index contributed by atoms with van der Waals surface area (Å²) >= 11 is 1.29. The summed E-state index contributed by atoms with van der Waals surface area (Å²) in [6.07, 6.45) is -0.598. The van der Waals surface area contributed by atoms with Crippen molar-refractivity contribution in [3.05, 3.63) is 29.1 Å². The van der Waals surface area contributed by atoms with Crippen LogP contribution in [0.15, 0.2) is 24.3 Å². The molecule has 0 aliphatic heterocycles. The Hall–Kier alpha value is -1.92. The zero-order valence-electron chi connectivity index (χ0n) is 11.4. The lowest BCUT2D eigenvalue weighted by atomic mass is 10.2. The van der Waals surface area contributed by atoms with E-state index in [4.69, 9.17) is 9.47 Å². The zero-order chi connectivity index (χ0) is 14.7. The van der Waals surface area contributed by atoms with Crippen molar-refractivity contribution < 1.29 is 19.1 Å². The van der Waals surface area contributed by atoms with Crippen molar-refractivity contribution >= 4 is 39.0 Å². The molecule has 1 unspecified atom stereocenters. The summed E-state index contributed by atoms with van der Waals surface area (Å²) in [7, 11) is 2.77. The van der Waals surface area contributed by atoms with Crippen molar-refractivity contribution in [2.24, 2.45) is 0 Å². The number of ether oxygens (including phenoxy) is 2. The molecule has 0 saturated heterocycles. The Labute approximate surface area is 120 Å². The van der Waals surface area contributed by atoms with Gasteiger partial charge in [-0.2, -0.15) is 0 Å². The monoisotopic (exact) mass is 293 g/mol. The Kier molecular flexibility index (Phi) is 4.36. The van der Waals surface area contributed by atoms with Gasteiger partial charge in [-0.15, -0.1) is 11.3 Å². The molecule has 1 N–H and O–H groups in total. The van der Waals surface area contributed by atoms with Gasteiger partial charge in [0.05, 0.1) is 12.8 Å². The van der Waals surface area contributed by atoms with Crippen LogP contribution in [-0.2, 0) is 14.3 Å². The van der Waals surface area contributed by atoms with Gasteiger partial charge in [0.1, 0.15) is 11.0 Å². The summed E-state index contributed by atoms with van der Waals surface area (Å²) in [6.45, 7) is 1.64. The molecule has 20 heavy (non-hydrogen) atoms. The highest BCUT2D eigenvalue weighted by Crippen LogP contribution is 2.36. The van der Waals surface area contributed by atoms with Gasteiger partial charge in [0.25, 0.3) is 5.91 Å². The number of nitrogens with one attached hydrogen (secondary N) is 1. The standard InChI is InChI=1S/C14H15NO4S/c1-8(18-2)13(16)15-11-9-6-4-5-7-10(9)20-12(11)14(17)19-3/h4-8H,1-3H3,(H,15,16). The summed E-state index contributed by atoms with van der Waals surface area (Å²) in [5, 5.41) is 3.56. The Morgan fingerprint density at radius 2 is 1.95 bits per heavy atom. The van der Waals surface area contributed by atoms with E-state index in [1.165, 1.54) is 25.6 Å². The predicted octanol–water partition coefficient (Wildman–Crippen LogP) is 2.66. The van der Waals surface area contributed by atoms with Gasteiger partial charge in [-0.3, -0.25) is 4.79 Å². The predicted molar refractivity (Wildman–Crippen MR) is 78.3 cm³/mol. The van der Waals surface area contributed by atoms with Crippen LogP contribution in [0.5, 0.6) is 0 Å². The molecular weight excluding hydrogens is 278 g/mol. The van der Waals surface area contributed by atoms with E-state index in [-0.39, 0.29) is 5.91 Å². The minimum Gasteiger partial charge on any atom is -0.465 e. The fourth-order valence-corrected chi connectivity index (χ4v) is 2.81. The van der Waals surface area contributed by atoms with Gasteiger partial charge in [0.15, 0.2) is 0 Å². The van der Waals surface area contributed by atoms with Crippen LogP contribution in [0.2, 0.25) is 0 Å². The third kappa shape index (κ3) is 2.66. The summed E-state index contributed by atoms with van der Waals surface area (Å²) in [4.78, 5) is 24.2. The van der Waals surface area contributed by atoms with E-state index in [0.29, 0.717) is 10.6 Å². The number of hydrogen-bond acceptors (Lipinski definition) is 5. The summed E-state index contributed by atoms with van der Waals surface area (Å²) in [5.41, 5.74) is 0.478. The molecule has 1 aromatic carbocycles. The van der Waals surface area contributed by atoms with Crippen LogP contribution in [0.3, 0.4) is 0 Å². The third-order valence-electron chi connectivity index (χ3n) is 2.94. The molecule has 0 saturated carbocycles. The second-order valence-corrected chi connectivity index (χ2v) is 5.21. The molecule has 0 radical (unpaired) electrons. The van der Waals surface area contributed by atoms with Gasteiger partial charge < -0.3 is 14.8 Å². The molecule has 5 nitrogen and oxygen atoms in total. The van der Waals surface area contributed by atoms with Crippen molar-refractivity contribution in [2.75, 3.05) is 19.5 Å². The summed E-state index contributed by atoms with van der Waals surface area (Å²) < 4.78 is 10.6. The molecule has 2 rings (SSSR count). The maximum absolute atomic E-state index is 12.0. The van der Waals surface area contributed by atoms with Crippen LogP contribution in [0, 0.1) is 0 Å². The Balaban J connectivity index is 2.48. The minimum atomic E-state index is -0.598. The number of carbonyl (C=O) groups excluding carboxylic acids is 2. The summed E-state index contributed by atoms with van der Waals surface area (Å²) in [5.74, 6) is -0.771. The van der Waals surface area contributed by atoms with Crippen LogP contribution in [-0.4, -0.2) is 32.2 Å². The fraction of sp³-hybridized carbons (Fsp3) is 0.286. The van der Waals surface area contributed by atoms with Crippen LogP contribution < -0.4 is 5.32 Å². The number of hydrogen-bond donors (Lipinski definition) is 1. The highest BCUT2D eigenvalue weighted by Gasteiger charge is 2.22. The molecule has 0 aliphatic carbocycles. The van der Waals surface area contributed by atoms with E-state index in [0.717, 1.165) is 10.1 Å². The Bertz CT molecular complexity index is 650. The number of amides is 1. The summed E-state index contributed by atoms with van der Waals surface area (Å²) in [6, 6.07) is 7.47. The number of rotatable bonds is 4. The van der Waals surface area contributed by atoms with Gasteiger partial charge in [-0.25, -0.2) is 4.79 Å². The first kappa shape index (κ1) is 14.5. The van der Waals surface area contributed by atoms with Gasteiger partial charge in [-0.1, -0.05) is 18.2 Å². The first-order valence-corrected chi connectivity index (χ1v) is 6.83. The Morgan fingerprint density at radius 1 is 1.25 bits per heavy atom. The van der Waals surface area contributed by atoms with Crippen molar-refractivity contribution in [1.82, 2.24) is 0 Å². The van der Waals surface area contributed by atoms with E-state index in [9.17, 15) is 9.59 Å². The van der Waals surface area contributed by atoms with Crippen molar-refractivity contribution in [2.45, 2.75) is 13.0 Å². The SMILES string of the molecule is COC(=O)c1sc2ccccc2c1NC(=O)C(C)OC. The number of thiophene rings is 1. The first-order chi connectivity index (χ1) is 9.58. The van der Waals surface area contributed by atoms with Crippen molar-refractivity contribution in [3.63, 3.8) is 0 Å². The molecule has 0 bridgehead atoms. The lowest BCUT2D eigenvalue weighted by molar-refractivity contribution is -0.124. The number of carbonyl (C=O) groups is 2. The van der Waals surface area contributed by atoms with Gasteiger partial charge in [-0.05, 0) is 13.0 Å². The quantitative estimate of drug-likeness (QED) is 0.880. The number of benzene rings is 1. The normalized spacial score (nSPS) is 12.2. The number of methoxy groups -OCH3 is 2. The maximum atomic E-state index is 12.0. The lowest BCUT2D eigenvalue weighted by Crippen LogP contribution is -2.27. The zero-order valence-corrected chi connectivity index (χ0v) is 12.2. The highest BCUT2D eigenvalue weighted by atomic mass is 32.1. The van der Waals surface area contributed by atoms with Crippen molar-refractivity contribution in [3.8, 4) is 0 Å². The van der Waals surface area contributed by atoms with E-state index in [2.05, 4.69) is 5.32 Å². The average molecular weight is 293 g/mol. The molecule has 1 amide bonds. The fourth-order valence-electron chi connectivity index (χ4n) is 1.74. The van der Waals surface area contributed by atoms with E-state index in [1.807, 2.05) is 24.3 Å². The molecular formula is C14H15NO4S. The largest absolute Gasteiger partial charge is 0.465 e. The van der Waals surface area contributed by atoms with E-state index >= 15 is 0 Å². The van der Waals surface area contributed by atoms with Crippen LogP contribution in [0.4, 0.5) is 5.69 Å². The number of esters is 1. The highest BCUT2D eigenvalue weighted by molar-refractivity contribution is 7.21. The topological polar surface area (TPSA) is 64.6 Å². The second-order valence-electron chi connectivity index (χ2n) is 4.16. The molecule has 106 valence electrons. The van der Waals surface area contributed by atoms with Crippen LogP contribution in [0.25, 0.3) is 10.1 Å². The smallest absolute Gasteiger partial charge is 0.350 e. The molecule has 0 spiro atoms. The number of anilines is 1. The van der Waals surface area contributed by atoms with E-state index in [1.54, 1.807) is 6.92 Å². The minimum absolute atomic E-state index is 0.304. The first-order valence-electron chi connectivity index (χ1n) is 6.02. The lowest BCUT2D eigenvalue weighted by Gasteiger charge is -2.11. The molecule has 1 aromatic heterocycles. The molecule has 2 aromatic rings. The van der Waals surface area contributed by atoms with Crippen molar-refractivity contribution in [1.29, 1.82) is 0 Å². The molecule has 6 heteroatoms. The van der Waals surface area contributed by atoms with Gasteiger partial charge in [0.2, 0.25) is 0 Å². The van der Waals surface area contributed by atoms with Gasteiger partial charge >= 0.3 is 5.97 Å². The second kappa shape index (κ2) is 6.02.